The summed E-state index contributed by atoms with van der Waals surface area (Å²) in [6, 6.07) is 15.3. The van der Waals surface area contributed by atoms with E-state index in [1.165, 1.54) is 0 Å². The van der Waals surface area contributed by atoms with Crippen LogP contribution in [0.25, 0.3) is 5.69 Å². The van der Waals surface area contributed by atoms with Crippen molar-refractivity contribution >= 4 is 15.9 Å². The molecule has 0 radical (unpaired) electrons. The number of nitrogens with zero attached hydrogens (tertiary/aromatic N) is 2. The van der Waals surface area contributed by atoms with Crippen molar-refractivity contribution in [3.8, 4) is 5.69 Å². The first-order valence-electron chi connectivity index (χ1n) is 6.66. The molecule has 1 heterocycles. The monoisotopic (exact) mass is 344 g/mol. The van der Waals surface area contributed by atoms with E-state index in [-0.39, 0.29) is 10.6 Å². The lowest BCUT2D eigenvalue weighted by atomic mass is 10.0. The van der Waals surface area contributed by atoms with Gasteiger partial charge < -0.3 is 0 Å². The Balaban J connectivity index is 1.95. The van der Waals surface area contributed by atoms with E-state index in [2.05, 4.69) is 21.0 Å². The second-order valence-corrected chi connectivity index (χ2v) is 5.81. The molecule has 0 saturated heterocycles. The summed E-state index contributed by atoms with van der Waals surface area (Å²) in [7, 11) is 0. The number of hydrogen-bond acceptors (Lipinski definition) is 1. The van der Waals surface area contributed by atoms with Crippen LogP contribution in [0.4, 0.5) is 4.39 Å². The molecule has 4 heteroatoms. The van der Waals surface area contributed by atoms with Gasteiger partial charge in [0.1, 0.15) is 5.82 Å². The normalized spacial score (nSPS) is 12.3. The van der Waals surface area contributed by atoms with Gasteiger partial charge in [-0.3, -0.25) is 0 Å². The maximum Gasteiger partial charge on any atom is 0.130 e. The zero-order valence-electron chi connectivity index (χ0n) is 11.5. The lowest BCUT2D eigenvalue weighted by molar-refractivity contribution is 0.604. The zero-order valence-corrected chi connectivity index (χ0v) is 13.1. The van der Waals surface area contributed by atoms with E-state index in [1.807, 2.05) is 42.6 Å². The Morgan fingerprint density at radius 2 is 1.86 bits per heavy atom. The largest absolute Gasteiger partial charge is 0.241 e. The molecule has 2 nitrogen and oxygen atoms in total. The van der Waals surface area contributed by atoms with E-state index >= 15 is 0 Å². The molecule has 3 rings (SSSR count). The first kappa shape index (κ1) is 14.0. The lowest BCUT2D eigenvalue weighted by Gasteiger charge is -2.10. The van der Waals surface area contributed by atoms with Crippen LogP contribution < -0.4 is 0 Å². The summed E-state index contributed by atoms with van der Waals surface area (Å²) in [5, 5.41) is 4.35. The molecule has 0 saturated carbocycles. The van der Waals surface area contributed by atoms with Crippen molar-refractivity contribution in [2.45, 2.75) is 11.8 Å². The Kier molecular flexibility index (Phi) is 3.88. The predicted molar refractivity (Wildman–Crippen MR) is 85.5 cm³/mol. The molecule has 106 valence electrons. The van der Waals surface area contributed by atoms with Crippen LogP contribution in [0.2, 0.25) is 0 Å². The maximum atomic E-state index is 14.2. The maximum absolute atomic E-state index is 14.2. The number of halogens is 2. The summed E-state index contributed by atoms with van der Waals surface area (Å²) in [5.41, 5.74) is 3.17. The van der Waals surface area contributed by atoms with E-state index in [1.54, 1.807) is 29.9 Å². The van der Waals surface area contributed by atoms with Gasteiger partial charge in [0, 0.05) is 17.3 Å². The molecular formula is C17H14BrFN2. The van der Waals surface area contributed by atoms with Gasteiger partial charge in [0.25, 0.3) is 0 Å². The van der Waals surface area contributed by atoms with Gasteiger partial charge in [-0.15, -0.1) is 0 Å². The number of rotatable bonds is 3. The Hall–Kier alpha value is -1.94. The van der Waals surface area contributed by atoms with Gasteiger partial charge in [-0.2, -0.15) is 5.10 Å². The highest BCUT2D eigenvalue weighted by molar-refractivity contribution is 9.09. The van der Waals surface area contributed by atoms with Gasteiger partial charge >= 0.3 is 0 Å². The predicted octanol–water partition coefficient (Wildman–Crippen LogP) is 4.80. The molecule has 0 spiro atoms. The average molecular weight is 345 g/mol. The number of para-hydroxylation sites is 1. The number of alkyl halides is 1. The van der Waals surface area contributed by atoms with E-state index in [9.17, 15) is 4.39 Å². The van der Waals surface area contributed by atoms with Crippen LogP contribution in [0.3, 0.4) is 0 Å². The Bertz CT molecular complexity index is 752. The molecule has 1 unspecified atom stereocenters. The molecule has 2 aromatic carbocycles. The van der Waals surface area contributed by atoms with E-state index < -0.39 is 0 Å². The fourth-order valence-corrected chi connectivity index (χ4v) is 2.82. The SMILES string of the molecule is Cc1cccc(C(Br)c2cnn(-c3ccccc3)c2)c1F. The molecule has 3 aromatic rings. The van der Waals surface area contributed by atoms with Crippen molar-refractivity contribution in [2.24, 2.45) is 0 Å². The smallest absolute Gasteiger partial charge is 0.130 e. The van der Waals surface area contributed by atoms with Crippen molar-refractivity contribution < 1.29 is 4.39 Å². The quantitative estimate of drug-likeness (QED) is 0.623. The molecule has 0 aliphatic carbocycles. The molecule has 0 bridgehead atoms. The minimum Gasteiger partial charge on any atom is -0.241 e. The topological polar surface area (TPSA) is 17.8 Å². The third kappa shape index (κ3) is 2.76. The zero-order chi connectivity index (χ0) is 14.8. The minimum atomic E-state index is -0.213. The van der Waals surface area contributed by atoms with Crippen LogP contribution in [0.5, 0.6) is 0 Å². The molecule has 21 heavy (non-hydrogen) atoms. The van der Waals surface area contributed by atoms with E-state index in [0.29, 0.717) is 11.1 Å². The summed E-state index contributed by atoms with van der Waals surface area (Å²) < 4.78 is 16.0. The molecule has 0 fully saturated rings. The summed E-state index contributed by atoms with van der Waals surface area (Å²) in [6.45, 7) is 1.77. The highest BCUT2D eigenvalue weighted by atomic mass is 79.9. The molecule has 0 N–H and O–H groups in total. The molecular weight excluding hydrogens is 331 g/mol. The highest BCUT2D eigenvalue weighted by Gasteiger charge is 2.17. The number of aromatic nitrogens is 2. The van der Waals surface area contributed by atoms with Gasteiger partial charge in [-0.25, -0.2) is 9.07 Å². The van der Waals surface area contributed by atoms with Gasteiger partial charge in [0.2, 0.25) is 0 Å². The lowest BCUT2D eigenvalue weighted by Crippen LogP contribution is -1.98. The van der Waals surface area contributed by atoms with Crippen LogP contribution in [0, 0.1) is 12.7 Å². The van der Waals surface area contributed by atoms with Gasteiger partial charge in [0.05, 0.1) is 16.7 Å². The molecule has 0 aliphatic heterocycles. The van der Waals surface area contributed by atoms with Crippen LogP contribution in [-0.4, -0.2) is 9.78 Å². The van der Waals surface area contributed by atoms with Crippen molar-refractivity contribution in [2.75, 3.05) is 0 Å². The Morgan fingerprint density at radius 1 is 1.10 bits per heavy atom. The fourth-order valence-electron chi connectivity index (χ4n) is 2.23. The third-order valence-electron chi connectivity index (χ3n) is 3.41. The first-order valence-corrected chi connectivity index (χ1v) is 7.57. The average Bonchev–Trinajstić information content (AvgIpc) is 3.00. The van der Waals surface area contributed by atoms with Crippen molar-refractivity contribution in [1.82, 2.24) is 9.78 Å². The van der Waals surface area contributed by atoms with Gasteiger partial charge in [-0.1, -0.05) is 52.3 Å². The number of benzene rings is 2. The summed E-state index contributed by atoms with van der Waals surface area (Å²) in [4.78, 5) is -0.213. The number of hydrogen-bond donors (Lipinski definition) is 0. The van der Waals surface area contributed by atoms with Crippen LogP contribution in [0.15, 0.2) is 60.9 Å². The summed E-state index contributed by atoms with van der Waals surface area (Å²) >= 11 is 3.57. The Labute approximate surface area is 131 Å². The van der Waals surface area contributed by atoms with Crippen LogP contribution >= 0.6 is 15.9 Å². The molecule has 0 aliphatic rings. The van der Waals surface area contributed by atoms with Crippen molar-refractivity contribution in [3.05, 3.63) is 83.4 Å². The molecule has 1 aromatic heterocycles. The van der Waals surface area contributed by atoms with E-state index in [0.717, 1.165) is 11.3 Å². The first-order chi connectivity index (χ1) is 10.2. The Morgan fingerprint density at radius 3 is 2.62 bits per heavy atom. The standard InChI is InChI=1S/C17H14BrFN2/c1-12-6-5-9-15(17(12)19)16(18)13-10-20-21(11-13)14-7-3-2-4-8-14/h2-11,16H,1H3. The second-order valence-electron chi connectivity index (χ2n) is 4.89. The van der Waals surface area contributed by atoms with E-state index in [4.69, 9.17) is 0 Å². The minimum absolute atomic E-state index is 0.174. The van der Waals surface area contributed by atoms with Crippen LogP contribution in [0.1, 0.15) is 21.5 Å². The second kappa shape index (κ2) is 5.82. The number of aryl methyl sites for hydroxylation is 1. The highest BCUT2D eigenvalue weighted by Crippen LogP contribution is 2.33. The molecule has 1 atom stereocenters. The van der Waals surface area contributed by atoms with Gasteiger partial charge in [-0.05, 0) is 24.6 Å². The van der Waals surface area contributed by atoms with Gasteiger partial charge in [0.15, 0.2) is 0 Å². The summed E-state index contributed by atoms with van der Waals surface area (Å²) in [6.07, 6.45) is 3.67. The summed E-state index contributed by atoms with van der Waals surface area (Å²) in [5.74, 6) is -0.174. The third-order valence-corrected chi connectivity index (χ3v) is 4.43. The van der Waals surface area contributed by atoms with Crippen LogP contribution in [-0.2, 0) is 0 Å². The fraction of sp³-hybridized carbons (Fsp3) is 0.118. The van der Waals surface area contributed by atoms with Crippen molar-refractivity contribution in [1.29, 1.82) is 0 Å². The van der Waals surface area contributed by atoms with Crippen molar-refractivity contribution in [3.63, 3.8) is 0 Å². The molecule has 0 amide bonds.